The predicted molar refractivity (Wildman–Crippen MR) is 128 cm³/mol. The highest BCUT2D eigenvalue weighted by Gasteiger charge is 2.03. The van der Waals surface area contributed by atoms with Crippen molar-refractivity contribution in [3.8, 4) is 0 Å². The molecule has 144 valence electrons. The maximum atomic E-state index is 4.30. The van der Waals surface area contributed by atoms with Gasteiger partial charge in [0.1, 0.15) is 0 Å². The molecule has 0 saturated heterocycles. The van der Waals surface area contributed by atoms with Gasteiger partial charge in [-0.25, -0.2) is 0 Å². The molecule has 0 fully saturated rings. The van der Waals surface area contributed by atoms with E-state index in [1.807, 2.05) is 0 Å². The maximum absolute atomic E-state index is 4.30. The Morgan fingerprint density at radius 2 is 1.75 bits per heavy atom. The van der Waals surface area contributed by atoms with Crippen molar-refractivity contribution in [1.29, 1.82) is 0 Å². The van der Waals surface area contributed by atoms with Gasteiger partial charge in [-0.3, -0.25) is 0 Å². The quantitative estimate of drug-likeness (QED) is 0.313. The molecule has 2 aromatic rings. The van der Waals surface area contributed by atoms with E-state index in [1.54, 1.807) is 0 Å². The Morgan fingerprint density at radius 3 is 2.39 bits per heavy atom. The van der Waals surface area contributed by atoms with Crippen LogP contribution in [-0.2, 0) is 12.7 Å². The molecular formula is C27H33B. The van der Waals surface area contributed by atoms with Crippen LogP contribution < -0.4 is 0 Å². The van der Waals surface area contributed by atoms with E-state index in [-0.39, 0.29) is 0 Å². The minimum atomic E-state index is 0.918. The van der Waals surface area contributed by atoms with Gasteiger partial charge in [0.25, 0.3) is 0 Å². The van der Waals surface area contributed by atoms with Gasteiger partial charge in [-0.15, -0.1) is 12.1 Å². The lowest BCUT2D eigenvalue weighted by Crippen LogP contribution is -2.01. The van der Waals surface area contributed by atoms with Crippen LogP contribution in [0.2, 0.25) is 0 Å². The van der Waals surface area contributed by atoms with Gasteiger partial charge in [-0.05, 0) is 55.3 Å². The van der Waals surface area contributed by atoms with Crippen molar-refractivity contribution in [3.63, 3.8) is 0 Å². The highest BCUT2D eigenvalue weighted by molar-refractivity contribution is 6.44. The fourth-order valence-electron chi connectivity index (χ4n) is 3.30. The topological polar surface area (TPSA) is 0 Å². The Hall–Kier alpha value is -2.54. The molecular weight excluding hydrogens is 335 g/mol. The number of allylic oxidation sites excluding steroid dienone is 6. The molecule has 0 spiro atoms. The molecule has 2 rings (SSSR count). The molecule has 0 bridgehead atoms. The normalized spacial score (nSPS) is 11.6. The van der Waals surface area contributed by atoms with Crippen LogP contribution >= 0.6 is 0 Å². The van der Waals surface area contributed by atoms with Crippen LogP contribution in [0.1, 0.15) is 48.9 Å². The molecule has 0 aromatic heterocycles. The Labute approximate surface area is 172 Å². The zero-order chi connectivity index (χ0) is 20.4. The molecule has 28 heavy (non-hydrogen) atoms. The second kappa shape index (κ2) is 11.3. The van der Waals surface area contributed by atoms with Gasteiger partial charge in [-0.2, -0.15) is 0 Å². The Bertz CT molecular complexity index is 850. The summed E-state index contributed by atoms with van der Waals surface area (Å²) >= 11 is 0. The van der Waals surface area contributed by atoms with Crippen molar-refractivity contribution < 1.29 is 0 Å². The average molecular weight is 368 g/mol. The molecule has 0 aliphatic carbocycles. The number of rotatable bonds is 10. The van der Waals surface area contributed by atoms with Crippen LogP contribution in [0.5, 0.6) is 0 Å². The summed E-state index contributed by atoms with van der Waals surface area (Å²) in [7, 11) is 1.02. The molecule has 0 radical (unpaired) electrons. The van der Waals surface area contributed by atoms with Crippen molar-refractivity contribution >= 4 is 12.9 Å². The third-order valence-electron chi connectivity index (χ3n) is 5.04. The summed E-state index contributed by atoms with van der Waals surface area (Å²) in [6, 6.07) is 17.5. The Morgan fingerprint density at radius 1 is 1.00 bits per heavy atom. The summed E-state index contributed by atoms with van der Waals surface area (Å²) in [4.78, 5) is 0. The van der Waals surface area contributed by atoms with Crippen LogP contribution in [0.4, 0.5) is 0 Å². The van der Waals surface area contributed by atoms with E-state index >= 15 is 0 Å². The molecule has 0 nitrogen and oxygen atoms in total. The molecule has 0 saturated carbocycles. The standard InChI is InChI=1S/C27H33B/c1-6-9-25-14-16-27(17-15-25)22(4)12-13-24(7-2)19-23(5)28-20-26-11-8-10-21(3)18-26/h7-8,10-18,28H,4-6,9,19-20H2,1-3H3/b13-12-,24-7+. The van der Waals surface area contributed by atoms with E-state index in [9.17, 15) is 0 Å². The third kappa shape index (κ3) is 7.23. The van der Waals surface area contributed by atoms with E-state index in [1.165, 1.54) is 39.7 Å². The minimum absolute atomic E-state index is 0.918. The lowest BCUT2D eigenvalue weighted by molar-refractivity contribution is 0.922. The first-order valence-corrected chi connectivity index (χ1v) is 10.4. The highest BCUT2D eigenvalue weighted by atomic mass is 14.0. The zero-order valence-electron chi connectivity index (χ0n) is 17.8. The van der Waals surface area contributed by atoms with Crippen LogP contribution in [-0.4, -0.2) is 7.28 Å². The van der Waals surface area contributed by atoms with Gasteiger partial charge in [0.05, 0.1) is 0 Å². The summed E-state index contributed by atoms with van der Waals surface area (Å²) in [6.07, 6.45) is 10.8. The smallest absolute Gasteiger partial charge is 0.109 e. The van der Waals surface area contributed by atoms with Crippen LogP contribution in [0, 0.1) is 6.92 Å². The first-order valence-electron chi connectivity index (χ1n) is 10.4. The summed E-state index contributed by atoms with van der Waals surface area (Å²) in [6.45, 7) is 15.0. The van der Waals surface area contributed by atoms with Gasteiger partial charge >= 0.3 is 0 Å². The first-order chi connectivity index (χ1) is 13.5. The molecule has 0 N–H and O–H groups in total. The number of hydrogen-bond donors (Lipinski definition) is 0. The fraction of sp³-hybridized carbons (Fsp3) is 0.259. The summed E-state index contributed by atoms with van der Waals surface area (Å²) in [5.41, 5.74) is 8.89. The number of benzene rings is 2. The third-order valence-corrected chi connectivity index (χ3v) is 5.04. The molecule has 0 aliphatic heterocycles. The van der Waals surface area contributed by atoms with Gasteiger partial charge in [0, 0.05) is 0 Å². The van der Waals surface area contributed by atoms with Crippen molar-refractivity contribution in [2.24, 2.45) is 0 Å². The van der Waals surface area contributed by atoms with Crippen LogP contribution in [0.3, 0.4) is 0 Å². The lowest BCUT2D eigenvalue weighted by atomic mass is 9.63. The van der Waals surface area contributed by atoms with Gasteiger partial charge in [0.15, 0.2) is 7.28 Å². The second-order valence-corrected chi connectivity index (χ2v) is 7.58. The molecule has 0 aliphatic rings. The minimum Gasteiger partial charge on any atom is -0.109 e. The molecule has 1 heteroatoms. The van der Waals surface area contributed by atoms with E-state index in [0.29, 0.717) is 0 Å². The van der Waals surface area contributed by atoms with E-state index in [0.717, 1.165) is 32.0 Å². The highest BCUT2D eigenvalue weighted by Crippen LogP contribution is 2.18. The van der Waals surface area contributed by atoms with Crippen molar-refractivity contribution in [1.82, 2.24) is 0 Å². The molecule has 0 atom stereocenters. The van der Waals surface area contributed by atoms with Gasteiger partial charge < -0.3 is 0 Å². The van der Waals surface area contributed by atoms with Crippen molar-refractivity contribution in [3.05, 3.63) is 113 Å². The zero-order valence-corrected chi connectivity index (χ0v) is 17.8. The largest absolute Gasteiger partial charge is 0.156 e. The van der Waals surface area contributed by atoms with Crippen molar-refractivity contribution in [2.75, 3.05) is 0 Å². The predicted octanol–water partition coefficient (Wildman–Crippen LogP) is 7.00. The molecule has 0 amide bonds. The summed E-state index contributed by atoms with van der Waals surface area (Å²) in [5.74, 6) is 0. The summed E-state index contributed by atoms with van der Waals surface area (Å²) in [5, 5.41) is 0. The fourth-order valence-corrected chi connectivity index (χ4v) is 3.30. The van der Waals surface area contributed by atoms with E-state index < -0.39 is 0 Å². The van der Waals surface area contributed by atoms with E-state index in [4.69, 9.17) is 0 Å². The first kappa shape index (κ1) is 21.8. The molecule has 2 aromatic carbocycles. The Kier molecular flexibility index (Phi) is 8.81. The SMILES string of the molecule is C=C(BCc1cccc(C)c1)CC(/C=C\C(=C)c1ccc(CCC)cc1)=C/C. The number of aryl methyl sites for hydroxylation is 2. The average Bonchev–Trinajstić information content (AvgIpc) is 2.70. The van der Waals surface area contributed by atoms with E-state index in [2.05, 4.69) is 101 Å². The number of hydrogen-bond acceptors (Lipinski definition) is 0. The second-order valence-electron chi connectivity index (χ2n) is 7.58. The maximum Gasteiger partial charge on any atom is 0.156 e. The molecule has 0 unspecified atom stereocenters. The summed E-state index contributed by atoms with van der Waals surface area (Å²) < 4.78 is 0. The molecule has 0 heterocycles. The van der Waals surface area contributed by atoms with Gasteiger partial charge in [0.2, 0.25) is 0 Å². The Balaban J connectivity index is 1.88. The monoisotopic (exact) mass is 368 g/mol. The van der Waals surface area contributed by atoms with Crippen LogP contribution in [0.15, 0.2) is 91.0 Å². The van der Waals surface area contributed by atoms with Crippen LogP contribution in [0.25, 0.3) is 5.57 Å². The van der Waals surface area contributed by atoms with Crippen molar-refractivity contribution in [2.45, 2.75) is 46.4 Å². The lowest BCUT2D eigenvalue weighted by Gasteiger charge is -2.07. The van der Waals surface area contributed by atoms with Gasteiger partial charge in [-0.1, -0.05) is 97.8 Å².